The number of carbonyl (C=O) groups is 1. The lowest BCUT2D eigenvalue weighted by Gasteiger charge is -2.02. The summed E-state index contributed by atoms with van der Waals surface area (Å²) in [6.07, 6.45) is 6.55. The van der Waals surface area contributed by atoms with Crippen molar-refractivity contribution in [2.45, 2.75) is 45.4 Å². The molecule has 0 fully saturated rings. The number of carbonyl (C=O) groups excluding carboxylic acids is 1. The van der Waals surface area contributed by atoms with Gasteiger partial charge in [0, 0.05) is 13.5 Å². The van der Waals surface area contributed by atoms with E-state index in [2.05, 4.69) is 11.7 Å². The molecule has 0 spiro atoms. The van der Waals surface area contributed by atoms with Gasteiger partial charge in [-0.15, -0.1) is 0 Å². The molecule has 0 unspecified atom stereocenters. The summed E-state index contributed by atoms with van der Waals surface area (Å²) < 4.78 is 9.63. The van der Waals surface area contributed by atoms with Gasteiger partial charge >= 0.3 is 0 Å². The molecular formula is C11H22O3. The minimum atomic E-state index is 0.179. The van der Waals surface area contributed by atoms with Crippen LogP contribution < -0.4 is 0 Å². The number of ether oxygens (including phenoxy) is 2. The highest BCUT2D eigenvalue weighted by Gasteiger charge is 2.01. The largest absolute Gasteiger partial charge is 0.359 e. The Hall–Kier alpha value is -0.410. The molecular weight excluding hydrogens is 180 g/mol. The van der Waals surface area contributed by atoms with E-state index >= 15 is 0 Å². The van der Waals surface area contributed by atoms with Gasteiger partial charge in [0.25, 0.3) is 0 Å². The summed E-state index contributed by atoms with van der Waals surface area (Å²) >= 11 is 0. The number of hydrogen-bond donors (Lipinski definition) is 0. The van der Waals surface area contributed by atoms with E-state index in [0.717, 1.165) is 12.8 Å². The summed E-state index contributed by atoms with van der Waals surface area (Å²) in [6.45, 7) is 2.59. The van der Waals surface area contributed by atoms with Crippen molar-refractivity contribution in [3.63, 3.8) is 0 Å². The third-order valence-corrected chi connectivity index (χ3v) is 2.02. The third-order valence-electron chi connectivity index (χ3n) is 2.02. The van der Waals surface area contributed by atoms with Gasteiger partial charge in [0.05, 0.1) is 0 Å². The zero-order chi connectivity index (χ0) is 10.6. The Morgan fingerprint density at radius 2 is 1.86 bits per heavy atom. The second-order valence-electron chi connectivity index (χ2n) is 3.46. The molecule has 0 N–H and O–H groups in total. The molecule has 0 atom stereocenters. The molecule has 0 rings (SSSR count). The van der Waals surface area contributed by atoms with Crippen molar-refractivity contribution in [3.8, 4) is 0 Å². The van der Waals surface area contributed by atoms with Crippen LogP contribution in [0.25, 0.3) is 0 Å². The second kappa shape index (κ2) is 10.7. The molecule has 84 valence electrons. The van der Waals surface area contributed by atoms with E-state index in [0.29, 0.717) is 6.42 Å². The first-order valence-corrected chi connectivity index (χ1v) is 5.39. The van der Waals surface area contributed by atoms with Crippen molar-refractivity contribution in [1.82, 2.24) is 0 Å². The lowest BCUT2D eigenvalue weighted by Crippen LogP contribution is -2.09. The van der Waals surface area contributed by atoms with Gasteiger partial charge in [0.1, 0.15) is 13.4 Å². The van der Waals surface area contributed by atoms with Crippen molar-refractivity contribution < 1.29 is 14.3 Å². The maximum Gasteiger partial charge on any atom is 0.158 e. The Kier molecular flexibility index (Phi) is 10.4. The summed E-state index contributed by atoms with van der Waals surface area (Å²) in [7, 11) is 1.55. The van der Waals surface area contributed by atoms with Crippen molar-refractivity contribution >= 4 is 5.78 Å². The van der Waals surface area contributed by atoms with Crippen molar-refractivity contribution in [1.29, 1.82) is 0 Å². The number of rotatable bonds is 10. The normalized spacial score (nSPS) is 10.4. The number of methoxy groups -OCH3 is 1. The van der Waals surface area contributed by atoms with Crippen molar-refractivity contribution in [2.24, 2.45) is 0 Å². The first-order chi connectivity index (χ1) is 6.81. The van der Waals surface area contributed by atoms with Gasteiger partial charge in [0.15, 0.2) is 5.78 Å². The average molecular weight is 202 g/mol. The molecule has 0 aromatic rings. The number of hydrogen-bond acceptors (Lipinski definition) is 3. The quantitative estimate of drug-likeness (QED) is 0.403. The molecule has 0 heterocycles. The van der Waals surface area contributed by atoms with Crippen LogP contribution in [0.2, 0.25) is 0 Å². The van der Waals surface area contributed by atoms with E-state index in [1.165, 1.54) is 19.3 Å². The maximum absolute atomic E-state index is 11.2. The maximum atomic E-state index is 11.2. The van der Waals surface area contributed by atoms with Crippen LogP contribution in [0, 0.1) is 0 Å². The lowest BCUT2D eigenvalue weighted by molar-refractivity contribution is -0.128. The fourth-order valence-electron chi connectivity index (χ4n) is 1.24. The summed E-state index contributed by atoms with van der Waals surface area (Å²) in [6, 6.07) is 0. The molecule has 0 aliphatic heterocycles. The van der Waals surface area contributed by atoms with Gasteiger partial charge in [-0.25, -0.2) is 0 Å². The molecule has 0 aromatic carbocycles. The Bertz CT molecular complexity index is 134. The minimum Gasteiger partial charge on any atom is -0.359 e. The van der Waals surface area contributed by atoms with Gasteiger partial charge in [-0.1, -0.05) is 32.6 Å². The van der Waals surface area contributed by atoms with E-state index in [1.807, 2.05) is 0 Å². The zero-order valence-corrected chi connectivity index (χ0v) is 9.38. The van der Waals surface area contributed by atoms with E-state index in [-0.39, 0.29) is 19.2 Å². The van der Waals surface area contributed by atoms with E-state index in [4.69, 9.17) is 4.74 Å². The zero-order valence-electron chi connectivity index (χ0n) is 9.38. The van der Waals surface area contributed by atoms with Gasteiger partial charge in [-0.05, 0) is 6.42 Å². The molecule has 14 heavy (non-hydrogen) atoms. The molecule has 0 saturated heterocycles. The highest BCUT2D eigenvalue weighted by Crippen LogP contribution is 2.05. The Balaban J connectivity index is 3.10. The molecule has 3 nitrogen and oxygen atoms in total. The van der Waals surface area contributed by atoms with Crippen LogP contribution in [0.4, 0.5) is 0 Å². The Labute approximate surface area is 86.8 Å². The van der Waals surface area contributed by atoms with Crippen LogP contribution in [0.15, 0.2) is 0 Å². The molecule has 0 aliphatic carbocycles. The van der Waals surface area contributed by atoms with Crippen LogP contribution in [-0.4, -0.2) is 26.3 Å². The first-order valence-electron chi connectivity index (χ1n) is 5.39. The molecule has 0 aliphatic rings. The minimum absolute atomic E-state index is 0.179. The summed E-state index contributed by atoms with van der Waals surface area (Å²) in [5.74, 6) is 0.179. The number of ketones is 1. The topological polar surface area (TPSA) is 35.5 Å². The molecule has 0 bridgehead atoms. The molecule has 0 saturated carbocycles. The van der Waals surface area contributed by atoms with Gasteiger partial charge in [0.2, 0.25) is 0 Å². The predicted molar refractivity (Wildman–Crippen MR) is 56.2 cm³/mol. The van der Waals surface area contributed by atoms with E-state index in [1.54, 1.807) is 7.11 Å². The monoisotopic (exact) mass is 202 g/mol. The van der Waals surface area contributed by atoms with E-state index < -0.39 is 0 Å². The summed E-state index contributed by atoms with van der Waals surface area (Å²) in [5.41, 5.74) is 0. The van der Waals surface area contributed by atoms with Crippen molar-refractivity contribution in [2.75, 3.05) is 20.5 Å². The highest BCUT2D eigenvalue weighted by atomic mass is 16.7. The Morgan fingerprint density at radius 3 is 2.50 bits per heavy atom. The van der Waals surface area contributed by atoms with Crippen LogP contribution >= 0.6 is 0 Å². The molecule has 3 heteroatoms. The summed E-state index contributed by atoms with van der Waals surface area (Å²) in [4.78, 5) is 11.2. The molecule has 0 aromatic heterocycles. The molecule has 0 amide bonds. The third kappa shape index (κ3) is 9.68. The first kappa shape index (κ1) is 13.6. The second-order valence-corrected chi connectivity index (χ2v) is 3.46. The smallest absolute Gasteiger partial charge is 0.158 e. The highest BCUT2D eigenvalue weighted by molar-refractivity contribution is 5.79. The van der Waals surface area contributed by atoms with Crippen molar-refractivity contribution in [3.05, 3.63) is 0 Å². The number of Topliss-reactive ketones (excluding diaryl/α,β-unsaturated/α-hetero) is 1. The van der Waals surface area contributed by atoms with Crippen LogP contribution in [0.1, 0.15) is 45.4 Å². The van der Waals surface area contributed by atoms with Gasteiger partial charge in [-0.3, -0.25) is 4.79 Å². The SMILES string of the molecule is CCCCCCCC(=O)COCOC. The molecule has 0 radical (unpaired) electrons. The van der Waals surface area contributed by atoms with Gasteiger partial charge < -0.3 is 9.47 Å². The summed E-state index contributed by atoms with van der Waals surface area (Å²) in [5, 5.41) is 0. The standard InChI is InChI=1S/C11H22O3/c1-3-4-5-6-7-8-11(12)9-14-10-13-2/h3-10H2,1-2H3. The van der Waals surface area contributed by atoms with Crippen LogP contribution in [-0.2, 0) is 14.3 Å². The predicted octanol–water partition coefficient (Wildman–Crippen LogP) is 2.54. The lowest BCUT2D eigenvalue weighted by atomic mass is 10.1. The Morgan fingerprint density at radius 1 is 1.14 bits per heavy atom. The van der Waals surface area contributed by atoms with Crippen LogP contribution in [0.3, 0.4) is 0 Å². The van der Waals surface area contributed by atoms with Gasteiger partial charge in [-0.2, -0.15) is 0 Å². The number of unbranched alkanes of at least 4 members (excludes halogenated alkanes) is 4. The van der Waals surface area contributed by atoms with E-state index in [9.17, 15) is 4.79 Å². The average Bonchev–Trinajstić information content (AvgIpc) is 2.18. The fourth-order valence-corrected chi connectivity index (χ4v) is 1.24. The van der Waals surface area contributed by atoms with Crippen LogP contribution in [0.5, 0.6) is 0 Å². The fraction of sp³-hybridized carbons (Fsp3) is 0.909.